The highest BCUT2D eigenvalue weighted by Crippen LogP contribution is 2.43. The highest BCUT2D eigenvalue weighted by molar-refractivity contribution is 6.11. The summed E-state index contributed by atoms with van der Waals surface area (Å²) < 4.78 is 0. The summed E-state index contributed by atoms with van der Waals surface area (Å²) in [5.74, 6) is 3.24. The molecule has 232 valence electrons. The van der Waals surface area contributed by atoms with E-state index in [1.54, 1.807) is 0 Å². The Morgan fingerprint density at radius 3 is 1.07 bits per heavy atom. The molecule has 2 aromatic rings. The smallest absolute Gasteiger partial charge is 0.200 e. The van der Waals surface area contributed by atoms with E-state index < -0.39 is 0 Å². The van der Waals surface area contributed by atoms with E-state index in [1.807, 2.05) is 170 Å². The van der Waals surface area contributed by atoms with Crippen molar-refractivity contribution in [2.24, 2.45) is 20.0 Å². The molecule has 0 heterocycles. The summed E-state index contributed by atoms with van der Waals surface area (Å²) in [6.07, 6.45) is 0. The van der Waals surface area contributed by atoms with E-state index in [0.717, 1.165) is 57.4 Å². The molecule has 0 atom stereocenters. The highest BCUT2D eigenvalue weighted by atomic mass is 15.4. The molecular weight excluding hydrogens is 528 g/mol. The van der Waals surface area contributed by atoms with Gasteiger partial charge in [-0.15, -0.1) is 0 Å². The van der Waals surface area contributed by atoms with Crippen molar-refractivity contribution in [2.45, 2.75) is 0 Å². The molecular formula is C30H52N12. The third kappa shape index (κ3) is 8.17. The second-order valence-corrected chi connectivity index (χ2v) is 11.8. The summed E-state index contributed by atoms with van der Waals surface area (Å²) in [5, 5.41) is 1.80. The number of guanidine groups is 4. The van der Waals surface area contributed by atoms with Crippen molar-refractivity contribution in [2.75, 3.05) is 113 Å². The summed E-state index contributed by atoms with van der Waals surface area (Å²) >= 11 is 0. The van der Waals surface area contributed by atoms with Gasteiger partial charge in [-0.25, -0.2) is 20.0 Å². The van der Waals surface area contributed by atoms with Crippen molar-refractivity contribution in [1.29, 1.82) is 0 Å². The van der Waals surface area contributed by atoms with Gasteiger partial charge in [0.2, 0.25) is 23.8 Å². The molecule has 0 N–H and O–H groups in total. The molecule has 0 amide bonds. The third-order valence-electron chi connectivity index (χ3n) is 6.12. The van der Waals surface area contributed by atoms with Gasteiger partial charge in [0.15, 0.2) is 0 Å². The van der Waals surface area contributed by atoms with E-state index in [9.17, 15) is 0 Å². The van der Waals surface area contributed by atoms with E-state index in [-0.39, 0.29) is 0 Å². The SMILES string of the molecule is CN(C)C(=Nc1cc(N=C(N(C)C)N(C)C)c2c(N=C(N(C)C)N(C)C)ccc(N=C(N(C)C)N(C)C)c2c1)N(C)C. The van der Waals surface area contributed by atoms with Crippen molar-refractivity contribution in [3.63, 3.8) is 0 Å². The first kappa shape index (κ1) is 34.0. The van der Waals surface area contributed by atoms with Crippen LogP contribution in [-0.4, -0.2) is 176 Å². The number of aliphatic imine (C=N–C) groups is 4. The van der Waals surface area contributed by atoms with E-state index in [1.165, 1.54) is 0 Å². The van der Waals surface area contributed by atoms with Crippen LogP contribution >= 0.6 is 0 Å². The summed E-state index contributed by atoms with van der Waals surface area (Å²) in [7, 11) is 31.9. The number of nitrogens with zero attached hydrogens (tertiary/aromatic N) is 12. The molecule has 0 spiro atoms. The van der Waals surface area contributed by atoms with Crippen LogP contribution in [0.3, 0.4) is 0 Å². The Morgan fingerprint density at radius 2 is 0.690 bits per heavy atom. The topological polar surface area (TPSA) is 75.4 Å². The third-order valence-corrected chi connectivity index (χ3v) is 6.12. The van der Waals surface area contributed by atoms with Crippen molar-refractivity contribution < 1.29 is 0 Å². The lowest BCUT2D eigenvalue weighted by Crippen LogP contribution is -2.35. The van der Waals surface area contributed by atoms with Crippen molar-refractivity contribution in [3.05, 3.63) is 24.3 Å². The average Bonchev–Trinajstić information content (AvgIpc) is 2.86. The molecule has 0 fully saturated rings. The standard InChI is InChI=1S/C30H52N12/c1-35(2)27(36(3)4)31-21-19-22-23(32-28(37(5)6)38(7)8)17-18-24(33-29(39(9)10)40(11)12)26(22)25(20-21)34-30(41(13)14)42(15)16/h17-20H,1-16H3. The molecule has 0 aliphatic rings. The summed E-state index contributed by atoms with van der Waals surface area (Å²) in [6, 6.07) is 8.15. The molecule has 0 bridgehead atoms. The molecule has 2 rings (SSSR count). The number of fused-ring (bicyclic) bond motifs is 1. The van der Waals surface area contributed by atoms with Gasteiger partial charge in [0, 0.05) is 124 Å². The fourth-order valence-corrected chi connectivity index (χ4v) is 4.60. The molecule has 0 saturated carbocycles. The van der Waals surface area contributed by atoms with E-state index >= 15 is 0 Å². The molecule has 0 aliphatic carbocycles. The largest absolute Gasteiger partial charge is 0.349 e. The van der Waals surface area contributed by atoms with Gasteiger partial charge >= 0.3 is 0 Å². The minimum atomic E-state index is 0.754. The van der Waals surface area contributed by atoms with Crippen LogP contribution in [0.1, 0.15) is 0 Å². The predicted molar refractivity (Wildman–Crippen MR) is 182 cm³/mol. The lowest BCUT2D eigenvalue weighted by molar-refractivity contribution is 0.484. The highest BCUT2D eigenvalue weighted by Gasteiger charge is 2.18. The van der Waals surface area contributed by atoms with Gasteiger partial charge in [-0.1, -0.05) is 0 Å². The number of benzene rings is 2. The van der Waals surface area contributed by atoms with Crippen LogP contribution in [0, 0.1) is 0 Å². The van der Waals surface area contributed by atoms with Crippen LogP contribution in [-0.2, 0) is 0 Å². The normalized spacial score (nSPS) is 10.4. The lowest BCUT2D eigenvalue weighted by atomic mass is 10.0. The quantitative estimate of drug-likeness (QED) is 0.403. The maximum Gasteiger partial charge on any atom is 0.200 e. The fourth-order valence-electron chi connectivity index (χ4n) is 4.60. The van der Waals surface area contributed by atoms with Crippen LogP contribution in [0.15, 0.2) is 44.2 Å². The summed E-state index contributed by atoms with van der Waals surface area (Å²) in [5.41, 5.74) is 3.12. The average molecular weight is 581 g/mol. The Morgan fingerprint density at radius 1 is 0.381 bits per heavy atom. The van der Waals surface area contributed by atoms with Crippen molar-refractivity contribution in [1.82, 2.24) is 39.2 Å². The number of rotatable bonds is 4. The maximum absolute atomic E-state index is 5.20. The molecule has 0 saturated heterocycles. The molecule has 12 nitrogen and oxygen atoms in total. The van der Waals surface area contributed by atoms with Gasteiger partial charge in [0.25, 0.3) is 0 Å². The van der Waals surface area contributed by atoms with Crippen LogP contribution in [0.25, 0.3) is 10.8 Å². The van der Waals surface area contributed by atoms with Gasteiger partial charge in [0.1, 0.15) is 0 Å². The zero-order valence-corrected chi connectivity index (χ0v) is 28.7. The number of hydrogen-bond donors (Lipinski definition) is 0. The predicted octanol–water partition coefficient (Wildman–Crippen LogP) is 3.28. The monoisotopic (exact) mass is 580 g/mol. The first-order valence-electron chi connectivity index (χ1n) is 13.8. The summed E-state index contributed by atoms with van der Waals surface area (Å²) in [6.45, 7) is 0. The maximum atomic E-state index is 5.20. The Hall–Kier alpha value is -4.22. The van der Waals surface area contributed by atoms with Crippen LogP contribution in [0.2, 0.25) is 0 Å². The second kappa shape index (κ2) is 14.1. The van der Waals surface area contributed by atoms with Crippen molar-refractivity contribution in [3.8, 4) is 0 Å². The van der Waals surface area contributed by atoms with Gasteiger partial charge in [-0.2, -0.15) is 0 Å². The second-order valence-electron chi connectivity index (χ2n) is 11.8. The zero-order valence-electron chi connectivity index (χ0n) is 28.7. The molecule has 0 unspecified atom stereocenters. The van der Waals surface area contributed by atoms with Crippen LogP contribution in [0.5, 0.6) is 0 Å². The molecule has 42 heavy (non-hydrogen) atoms. The van der Waals surface area contributed by atoms with Gasteiger partial charge in [-0.05, 0) is 24.3 Å². The molecule has 0 aliphatic heterocycles. The van der Waals surface area contributed by atoms with Gasteiger partial charge in [0.05, 0.1) is 22.7 Å². The Bertz CT molecular complexity index is 1310. The first-order valence-corrected chi connectivity index (χ1v) is 13.8. The zero-order chi connectivity index (χ0) is 32.0. The molecule has 0 radical (unpaired) electrons. The minimum Gasteiger partial charge on any atom is -0.349 e. The van der Waals surface area contributed by atoms with Crippen molar-refractivity contribution >= 4 is 57.4 Å². The first-order chi connectivity index (χ1) is 19.5. The van der Waals surface area contributed by atoms with Crippen LogP contribution in [0.4, 0.5) is 22.7 Å². The molecule has 2 aromatic carbocycles. The molecule has 12 heteroatoms. The van der Waals surface area contributed by atoms with E-state index in [2.05, 4.69) is 6.07 Å². The summed E-state index contributed by atoms with van der Waals surface area (Å²) in [4.78, 5) is 36.5. The Balaban J connectivity index is 3.28. The number of hydrogen-bond acceptors (Lipinski definition) is 4. The Labute approximate surface area is 253 Å². The fraction of sp³-hybridized carbons (Fsp3) is 0.533. The van der Waals surface area contributed by atoms with E-state index in [0.29, 0.717) is 0 Å². The van der Waals surface area contributed by atoms with Gasteiger partial charge in [-0.3, -0.25) is 0 Å². The molecule has 0 aromatic heterocycles. The van der Waals surface area contributed by atoms with E-state index in [4.69, 9.17) is 20.0 Å². The Kier molecular flexibility index (Phi) is 11.4. The van der Waals surface area contributed by atoms with Gasteiger partial charge < -0.3 is 39.2 Å². The van der Waals surface area contributed by atoms with Crippen LogP contribution < -0.4 is 0 Å². The minimum absolute atomic E-state index is 0.754. The lowest BCUT2D eigenvalue weighted by Gasteiger charge is -2.25.